The zero-order valence-corrected chi connectivity index (χ0v) is 15.7. The number of fused-ring (bicyclic) bond motifs is 1. The molecule has 1 aromatic heterocycles. The Morgan fingerprint density at radius 3 is 2.69 bits per heavy atom. The van der Waals surface area contributed by atoms with Gasteiger partial charge in [0, 0.05) is 29.6 Å². The van der Waals surface area contributed by atoms with Crippen LogP contribution < -0.4 is 10.2 Å². The van der Waals surface area contributed by atoms with Crippen molar-refractivity contribution in [2.24, 2.45) is 0 Å². The van der Waals surface area contributed by atoms with Gasteiger partial charge in [0.1, 0.15) is 5.00 Å². The fourth-order valence-corrected chi connectivity index (χ4v) is 4.42. The van der Waals surface area contributed by atoms with Gasteiger partial charge >= 0.3 is 5.97 Å². The number of benzene rings is 1. The summed E-state index contributed by atoms with van der Waals surface area (Å²) in [6.45, 7) is 3.76. The van der Waals surface area contributed by atoms with Crippen LogP contribution in [0.1, 0.15) is 50.1 Å². The van der Waals surface area contributed by atoms with E-state index in [1.165, 1.54) is 11.3 Å². The third kappa shape index (κ3) is 3.10. The Bertz CT molecular complexity index is 917. The lowest BCUT2D eigenvalue weighted by molar-refractivity contribution is -0.118. The lowest BCUT2D eigenvalue weighted by atomic mass is 9.99. The van der Waals surface area contributed by atoms with Crippen LogP contribution in [0.4, 0.5) is 10.7 Å². The minimum atomic E-state index is -1.04. The first-order chi connectivity index (χ1) is 12.3. The Kier molecular flexibility index (Phi) is 4.82. The molecule has 2 heterocycles. The highest BCUT2D eigenvalue weighted by Crippen LogP contribution is 2.34. The SMILES string of the molecule is CCc1c(C)sc(NC(=O)c2ccc3c(c2)CCC(=O)N3C)c1C(=O)O. The van der Waals surface area contributed by atoms with Crippen LogP contribution >= 0.6 is 11.3 Å². The van der Waals surface area contributed by atoms with Crippen LogP contribution in [0.15, 0.2) is 18.2 Å². The molecule has 6 nitrogen and oxygen atoms in total. The number of carbonyl (C=O) groups excluding carboxylic acids is 2. The quantitative estimate of drug-likeness (QED) is 0.860. The number of amides is 2. The second-order valence-corrected chi connectivity index (χ2v) is 7.47. The van der Waals surface area contributed by atoms with Crippen molar-refractivity contribution >= 4 is 39.8 Å². The van der Waals surface area contributed by atoms with Gasteiger partial charge in [-0.3, -0.25) is 9.59 Å². The average Bonchev–Trinajstić information content (AvgIpc) is 2.93. The number of aromatic carboxylic acids is 1. The van der Waals surface area contributed by atoms with Gasteiger partial charge in [-0.25, -0.2) is 4.79 Å². The Balaban J connectivity index is 1.90. The van der Waals surface area contributed by atoms with E-state index in [9.17, 15) is 19.5 Å². The minimum Gasteiger partial charge on any atom is -0.478 e. The van der Waals surface area contributed by atoms with Crippen LogP contribution in [0, 0.1) is 6.92 Å². The number of hydrogen-bond acceptors (Lipinski definition) is 4. The minimum absolute atomic E-state index is 0.0574. The molecule has 7 heteroatoms. The molecule has 0 radical (unpaired) electrons. The monoisotopic (exact) mass is 372 g/mol. The summed E-state index contributed by atoms with van der Waals surface area (Å²) in [4.78, 5) is 38.5. The van der Waals surface area contributed by atoms with E-state index in [0.717, 1.165) is 21.7 Å². The number of aryl methyl sites for hydroxylation is 2. The number of anilines is 2. The summed E-state index contributed by atoms with van der Waals surface area (Å²) in [5, 5.41) is 12.6. The van der Waals surface area contributed by atoms with Gasteiger partial charge in [0.05, 0.1) is 5.56 Å². The zero-order valence-electron chi connectivity index (χ0n) is 14.9. The fourth-order valence-electron chi connectivity index (χ4n) is 3.29. The van der Waals surface area contributed by atoms with Gasteiger partial charge < -0.3 is 15.3 Å². The summed E-state index contributed by atoms with van der Waals surface area (Å²) in [7, 11) is 1.72. The second-order valence-electron chi connectivity index (χ2n) is 6.25. The smallest absolute Gasteiger partial charge is 0.339 e. The molecule has 1 aromatic carbocycles. The third-order valence-corrected chi connectivity index (χ3v) is 5.75. The standard InChI is InChI=1S/C19H20N2O4S/c1-4-13-10(2)26-18(16(13)19(24)25)20-17(23)12-5-7-14-11(9-12)6-8-15(22)21(14)3/h5,7,9H,4,6,8H2,1-3H3,(H,20,23)(H,24,25). The molecular weight excluding hydrogens is 352 g/mol. The van der Waals surface area contributed by atoms with E-state index in [-0.39, 0.29) is 17.4 Å². The van der Waals surface area contributed by atoms with Crippen molar-refractivity contribution in [3.05, 3.63) is 45.3 Å². The van der Waals surface area contributed by atoms with Crippen molar-refractivity contribution in [3.8, 4) is 0 Å². The number of thiophene rings is 1. The molecule has 0 saturated heterocycles. The Morgan fingerprint density at radius 1 is 1.31 bits per heavy atom. The topological polar surface area (TPSA) is 86.7 Å². The van der Waals surface area contributed by atoms with E-state index in [0.29, 0.717) is 29.8 Å². The Labute approximate surface area is 155 Å². The second kappa shape index (κ2) is 6.92. The van der Waals surface area contributed by atoms with Crippen LogP contribution in [0.25, 0.3) is 0 Å². The molecule has 1 aliphatic rings. The van der Waals surface area contributed by atoms with E-state index in [4.69, 9.17) is 0 Å². The van der Waals surface area contributed by atoms with Crippen LogP contribution in [0.5, 0.6) is 0 Å². The summed E-state index contributed by atoms with van der Waals surface area (Å²) in [6, 6.07) is 5.19. The van der Waals surface area contributed by atoms with E-state index in [1.54, 1.807) is 30.1 Å². The van der Waals surface area contributed by atoms with Crippen LogP contribution in [-0.2, 0) is 17.6 Å². The van der Waals surface area contributed by atoms with Gasteiger partial charge in [-0.15, -0.1) is 11.3 Å². The summed E-state index contributed by atoms with van der Waals surface area (Å²) < 4.78 is 0. The predicted molar refractivity (Wildman–Crippen MR) is 102 cm³/mol. The molecule has 0 saturated carbocycles. The summed E-state index contributed by atoms with van der Waals surface area (Å²) in [6.07, 6.45) is 1.61. The van der Waals surface area contributed by atoms with E-state index < -0.39 is 5.97 Å². The number of carbonyl (C=O) groups is 3. The lowest BCUT2D eigenvalue weighted by Gasteiger charge is -2.26. The maximum atomic E-state index is 12.7. The molecule has 3 rings (SSSR count). The first-order valence-corrected chi connectivity index (χ1v) is 9.21. The van der Waals surface area contributed by atoms with Gasteiger partial charge in [0.2, 0.25) is 5.91 Å². The molecule has 2 amide bonds. The molecule has 0 aliphatic carbocycles. The zero-order chi connectivity index (χ0) is 19.0. The van der Waals surface area contributed by atoms with Crippen molar-refractivity contribution in [1.29, 1.82) is 0 Å². The summed E-state index contributed by atoms with van der Waals surface area (Å²) in [5.74, 6) is -1.33. The Morgan fingerprint density at radius 2 is 2.04 bits per heavy atom. The number of nitrogens with zero attached hydrogens (tertiary/aromatic N) is 1. The molecule has 0 unspecified atom stereocenters. The van der Waals surface area contributed by atoms with Crippen molar-refractivity contribution < 1.29 is 19.5 Å². The molecule has 136 valence electrons. The number of hydrogen-bond donors (Lipinski definition) is 2. The highest BCUT2D eigenvalue weighted by atomic mass is 32.1. The number of rotatable bonds is 4. The van der Waals surface area contributed by atoms with Crippen molar-refractivity contribution in [2.45, 2.75) is 33.1 Å². The van der Waals surface area contributed by atoms with Crippen molar-refractivity contribution in [2.75, 3.05) is 17.3 Å². The van der Waals surface area contributed by atoms with E-state index in [1.807, 2.05) is 13.8 Å². The predicted octanol–water partition coefficient (Wildman–Crippen LogP) is 3.48. The highest BCUT2D eigenvalue weighted by molar-refractivity contribution is 7.16. The number of nitrogens with one attached hydrogen (secondary N) is 1. The van der Waals surface area contributed by atoms with Crippen LogP contribution in [-0.4, -0.2) is 29.9 Å². The number of carboxylic acids is 1. The molecule has 0 spiro atoms. The largest absolute Gasteiger partial charge is 0.478 e. The van der Waals surface area contributed by atoms with Gasteiger partial charge in [-0.05, 0) is 49.1 Å². The van der Waals surface area contributed by atoms with Gasteiger partial charge in [0.15, 0.2) is 0 Å². The molecule has 0 fully saturated rings. The van der Waals surface area contributed by atoms with Gasteiger partial charge in [-0.1, -0.05) is 6.92 Å². The number of carboxylic acid groups (broad SMARTS) is 1. The molecule has 0 bridgehead atoms. The van der Waals surface area contributed by atoms with Crippen molar-refractivity contribution in [3.63, 3.8) is 0 Å². The maximum absolute atomic E-state index is 12.7. The molecule has 2 N–H and O–H groups in total. The highest BCUT2D eigenvalue weighted by Gasteiger charge is 2.24. The first kappa shape index (κ1) is 18.1. The Hall–Kier alpha value is -2.67. The molecule has 1 aliphatic heterocycles. The van der Waals surface area contributed by atoms with Gasteiger partial charge in [0.25, 0.3) is 5.91 Å². The van der Waals surface area contributed by atoms with Crippen molar-refractivity contribution in [1.82, 2.24) is 0 Å². The van der Waals surface area contributed by atoms with Crippen LogP contribution in [0.2, 0.25) is 0 Å². The van der Waals surface area contributed by atoms with E-state index >= 15 is 0 Å². The van der Waals surface area contributed by atoms with Crippen LogP contribution in [0.3, 0.4) is 0 Å². The maximum Gasteiger partial charge on any atom is 0.339 e. The molecule has 0 atom stereocenters. The average molecular weight is 372 g/mol. The lowest BCUT2D eigenvalue weighted by Crippen LogP contribution is -2.31. The van der Waals surface area contributed by atoms with E-state index in [2.05, 4.69) is 5.32 Å². The third-order valence-electron chi connectivity index (χ3n) is 4.69. The summed E-state index contributed by atoms with van der Waals surface area (Å²) in [5.41, 5.74) is 3.13. The molecule has 2 aromatic rings. The first-order valence-electron chi connectivity index (χ1n) is 8.39. The summed E-state index contributed by atoms with van der Waals surface area (Å²) >= 11 is 1.28. The normalized spacial score (nSPS) is 13.5. The molecular formula is C19H20N2O4S. The molecule has 26 heavy (non-hydrogen) atoms. The fraction of sp³-hybridized carbons (Fsp3) is 0.316. The van der Waals surface area contributed by atoms with Gasteiger partial charge in [-0.2, -0.15) is 0 Å².